The van der Waals surface area contributed by atoms with Crippen LogP contribution in [0.25, 0.3) is 11.6 Å². The molecule has 144 valence electrons. The second-order valence-electron chi connectivity index (χ2n) is 5.96. The predicted molar refractivity (Wildman–Crippen MR) is 104 cm³/mol. The van der Waals surface area contributed by atoms with Crippen LogP contribution in [0.5, 0.6) is 11.5 Å². The van der Waals surface area contributed by atoms with Gasteiger partial charge in [0, 0.05) is 5.56 Å². The third kappa shape index (κ3) is 4.66. The molecule has 0 aromatic heterocycles. The first-order valence-electron chi connectivity index (χ1n) is 8.54. The van der Waals surface area contributed by atoms with E-state index >= 15 is 0 Å². The molecule has 0 aliphatic carbocycles. The molecule has 3 rings (SSSR count). The first-order chi connectivity index (χ1) is 14.0. The van der Waals surface area contributed by atoms with Crippen LogP contribution in [0.15, 0.2) is 66.7 Å². The molecule has 0 atom stereocenters. The molecular formula is C23H15F2NO3. The minimum Gasteiger partial charge on any atom is -0.493 e. The molecule has 0 N–H and O–H groups in total. The molecule has 0 amide bonds. The summed E-state index contributed by atoms with van der Waals surface area (Å²) in [6.07, 6.45) is 1.50. The SMILES string of the molecule is COc1cc(/C=C(/C#N)c2ccccc2F)ccc1OC(=O)c1cccc(F)c1. The topological polar surface area (TPSA) is 59.3 Å². The number of carbonyl (C=O) groups excluding carboxylic acids is 1. The van der Waals surface area contributed by atoms with Gasteiger partial charge in [-0.25, -0.2) is 13.6 Å². The highest BCUT2D eigenvalue weighted by Gasteiger charge is 2.14. The van der Waals surface area contributed by atoms with E-state index in [1.807, 2.05) is 6.07 Å². The van der Waals surface area contributed by atoms with Crippen molar-refractivity contribution in [2.24, 2.45) is 0 Å². The lowest BCUT2D eigenvalue weighted by Crippen LogP contribution is -2.09. The summed E-state index contributed by atoms with van der Waals surface area (Å²) in [6.45, 7) is 0. The summed E-state index contributed by atoms with van der Waals surface area (Å²) in [5.41, 5.74) is 0.916. The largest absolute Gasteiger partial charge is 0.493 e. The number of hydrogen-bond acceptors (Lipinski definition) is 4. The normalized spacial score (nSPS) is 10.9. The number of nitrogens with zero attached hydrogens (tertiary/aromatic N) is 1. The van der Waals surface area contributed by atoms with Gasteiger partial charge in [-0.1, -0.05) is 30.3 Å². The van der Waals surface area contributed by atoms with Gasteiger partial charge in [-0.3, -0.25) is 0 Å². The van der Waals surface area contributed by atoms with Gasteiger partial charge in [-0.15, -0.1) is 0 Å². The average molecular weight is 391 g/mol. The Morgan fingerprint density at radius 3 is 2.48 bits per heavy atom. The summed E-state index contributed by atoms with van der Waals surface area (Å²) in [5.74, 6) is -1.44. The number of methoxy groups -OCH3 is 1. The zero-order valence-electron chi connectivity index (χ0n) is 15.4. The lowest BCUT2D eigenvalue weighted by Gasteiger charge is -2.10. The van der Waals surface area contributed by atoms with Crippen molar-refractivity contribution in [1.82, 2.24) is 0 Å². The molecule has 3 aromatic rings. The van der Waals surface area contributed by atoms with Crippen LogP contribution in [0, 0.1) is 23.0 Å². The van der Waals surface area contributed by atoms with Crippen LogP contribution in [-0.4, -0.2) is 13.1 Å². The standard InChI is InChI=1S/C23H15F2NO3/c1-28-22-12-15(11-17(14-26)19-7-2-3-8-20(19)25)9-10-21(22)29-23(27)16-5-4-6-18(24)13-16/h2-13H,1H3/b17-11-. The van der Waals surface area contributed by atoms with Gasteiger partial charge in [-0.05, 0) is 48.0 Å². The van der Waals surface area contributed by atoms with Gasteiger partial charge in [-0.2, -0.15) is 5.26 Å². The smallest absolute Gasteiger partial charge is 0.343 e. The third-order valence-electron chi connectivity index (χ3n) is 4.05. The van der Waals surface area contributed by atoms with E-state index in [1.165, 1.54) is 49.6 Å². The minimum atomic E-state index is -0.741. The molecule has 4 nitrogen and oxygen atoms in total. The maximum Gasteiger partial charge on any atom is 0.343 e. The summed E-state index contributed by atoms with van der Waals surface area (Å²) >= 11 is 0. The molecule has 0 fully saturated rings. The third-order valence-corrected chi connectivity index (χ3v) is 4.05. The second-order valence-corrected chi connectivity index (χ2v) is 5.96. The first kappa shape index (κ1) is 19.8. The molecule has 3 aromatic carbocycles. The molecule has 6 heteroatoms. The quantitative estimate of drug-likeness (QED) is 0.258. The number of ether oxygens (including phenoxy) is 2. The van der Waals surface area contributed by atoms with Crippen LogP contribution in [-0.2, 0) is 0 Å². The Morgan fingerprint density at radius 1 is 1.00 bits per heavy atom. The average Bonchev–Trinajstić information content (AvgIpc) is 2.73. The molecule has 0 bridgehead atoms. The fourth-order valence-corrected chi connectivity index (χ4v) is 2.65. The highest BCUT2D eigenvalue weighted by molar-refractivity contribution is 5.92. The summed E-state index contributed by atoms with van der Waals surface area (Å²) < 4.78 is 37.8. The summed E-state index contributed by atoms with van der Waals surface area (Å²) in [7, 11) is 1.39. The van der Waals surface area contributed by atoms with Gasteiger partial charge in [0.05, 0.1) is 24.3 Å². The fourth-order valence-electron chi connectivity index (χ4n) is 2.65. The number of allylic oxidation sites excluding steroid dienone is 1. The van der Waals surface area contributed by atoms with Crippen molar-refractivity contribution in [2.75, 3.05) is 7.11 Å². The van der Waals surface area contributed by atoms with E-state index in [1.54, 1.807) is 24.3 Å². The lowest BCUT2D eigenvalue weighted by molar-refractivity contribution is 0.0729. The summed E-state index contributed by atoms with van der Waals surface area (Å²) in [5, 5.41) is 9.40. The van der Waals surface area contributed by atoms with Crippen molar-refractivity contribution < 1.29 is 23.0 Å². The van der Waals surface area contributed by atoms with E-state index < -0.39 is 17.6 Å². The molecule has 0 spiro atoms. The van der Waals surface area contributed by atoms with E-state index in [-0.39, 0.29) is 28.2 Å². The highest BCUT2D eigenvalue weighted by Crippen LogP contribution is 2.31. The van der Waals surface area contributed by atoms with Gasteiger partial charge in [0.25, 0.3) is 0 Å². The van der Waals surface area contributed by atoms with E-state index in [2.05, 4.69) is 0 Å². The predicted octanol–water partition coefficient (Wildman–Crippen LogP) is 5.26. The number of carbonyl (C=O) groups is 1. The van der Waals surface area contributed by atoms with Crippen molar-refractivity contribution in [3.63, 3.8) is 0 Å². The van der Waals surface area contributed by atoms with E-state index in [0.29, 0.717) is 5.56 Å². The molecule has 0 aliphatic heterocycles. The van der Waals surface area contributed by atoms with Gasteiger partial charge in [0.2, 0.25) is 0 Å². The fraction of sp³-hybridized carbons (Fsp3) is 0.0435. The molecule has 0 saturated carbocycles. The molecule has 0 saturated heterocycles. The van der Waals surface area contributed by atoms with Crippen LogP contribution >= 0.6 is 0 Å². The Labute approximate surface area is 166 Å². The molecular weight excluding hydrogens is 376 g/mol. The van der Waals surface area contributed by atoms with E-state index in [9.17, 15) is 18.8 Å². The molecule has 0 aliphatic rings. The van der Waals surface area contributed by atoms with Crippen molar-refractivity contribution in [3.8, 4) is 17.6 Å². The van der Waals surface area contributed by atoms with Crippen LogP contribution in [0.2, 0.25) is 0 Å². The Kier molecular flexibility index (Phi) is 6.00. The van der Waals surface area contributed by atoms with Gasteiger partial charge >= 0.3 is 5.97 Å². The van der Waals surface area contributed by atoms with Crippen LogP contribution in [0.3, 0.4) is 0 Å². The van der Waals surface area contributed by atoms with Gasteiger partial charge < -0.3 is 9.47 Å². The van der Waals surface area contributed by atoms with Crippen molar-refractivity contribution >= 4 is 17.6 Å². The molecule has 0 radical (unpaired) electrons. The maximum atomic E-state index is 14.0. The van der Waals surface area contributed by atoms with Crippen LogP contribution in [0.4, 0.5) is 8.78 Å². The number of nitriles is 1. The molecule has 29 heavy (non-hydrogen) atoms. The highest BCUT2D eigenvalue weighted by atomic mass is 19.1. The molecule has 0 heterocycles. The zero-order valence-corrected chi connectivity index (χ0v) is 15.4. The van der Waals surface area contributed by atoms with E-state index in [0.717, 1.165) is 6.07 Å². The Bertz CT molecular complexity index is 1130. The number of benzene rings is 3. The Morgan fingerprint density at radius 2 is 1.79 bits per heavy atom. The molecule has 0 unspecified atom stereocenters. The Balaban J connectivity index is 1.90. The summed E-state index contributed by atoms with van der Waals surface area (Å²) in [6, 6.07) is 17.7. The zero-order chi connectivity index (χ0) is 20.8. The second kappa shape index (κ2) is 8.81. The van der Waals surface area contributed by atoms with Gasteiger partial charge in [0.15, 0.2) is 11.5 Å². The van der Waals surface area contributed by atoms with Crippen LogP contribution in [0.1, 0.15) is 21.5 Å². The van der Waals surface area contributed by atoms with Gasteiger partial charge in [0.1, 0.15) is 11.6 Å². The number of esters is 1. The maximum absolute atomic E-state index is 14.0. The van der Waals surface area contributed by atoms with Crippen molar-refractivity contribution in [1.29, 1.82) is 5.26 Å². The lowest BCUT2D eigenvalue weighted by atomic mass is 10.0. The Hall–Kier alpha value is -3.98. The summed E-state index contributed by atoms with van der Waals surface area (Å²) in [4.78, 5) is 12.2. The number of rotatable bonds is 5. The van der Waals surface area contributed by atoms with Crippen LogP contribution < -0.4 is 9.47 Å². The number of halogens is 2. The monoisotopic (exact) mass is 391 g/mol. The van der Waals surface area contributed by atoms with E-state index in [4.69, 9.17) is 9.47 Å². The minimum absolute atomic E-state index is 0.0577. The number of hydrogen-bond donors (Lipinski definition) is 0. The van der Waals surface area contributed by atoms with Crippen molar-refractivity contribution in [2.45, 2.75) is 0 Å². The van der Waals surface area contributed by atoms with Crippen molar-refractivity contribution in [3.05, 3.63) is 95.1 Å². The first-order valence-corrected chi connectivity index (χ1v) is 8.54.